The monoisotopic (exact) mass is 259 g/mol. The fourth-order valence-corrected chi connectivity index (χ4v) is 2.03. The number of hydrogen-bond acceptors (Lipinski definition) is 4. The summed E-state index contributed by atoms with van der Waals surface area (Å²) in [5, 5.41) is 13.8. The zero-order valence-electron chi connectivity index (χ0n) is 10.6. The summed E-state index contributed by atoms with van der Waals surface area (Å²) in [7, 11) is 0. The molecule has 0 spiro atoms. The maximum absolute atomic E-state index is 12.1. The maximum atomic E-state index is 12.1. The lowest BCUT2D eigenvalue weighted by molar-refractivity contribution is 0.0955. The molecule has 0 atom stereocenters. The van der Waals surface area contributed by atoms with Gasteiger partial charge in [0.15, 0.2) is 5.65 Å². The highest BCUT2D eigenvalue weighted by molar-refractivity contribution is 6.05. The third-order valence-corrected chi connectivity index (χ3v) is 3.25. The number of carbonyl (C=O) groups is 1. The van der Waals surface area contributed by atoms with Crippen LogP contribution in [0.25, 0.3) is 11.0 Å². The molecule has 1 saturated carbocycles. The van der Waals surface area contributed by atoms with Gasteiger partial charge in [-0.2, -0.15) is 5.10 Å². The van der Waals surface area contributed by atoms with Crippen molar-refractivity contribution < 1.29 is 4.79 Å². The van der Waals surface area contributed by atoms with Gasteiger partial charge < -0.3 is 10.6 Å². The molecule has 0 aliphatic heterocycles. The number of hydrogen-bond donors (Lipinski definition) is 3. The lowest BCUT2D eigenvalue weighted by Crippen LogP contribution is -2.28. The molecule has 0 aromatic carbocycles. The summed E-state index contributed by atoms with van der Waals surface area (Å²) in [6.45, 7) is 1.64. The number of pyridine rings is 1. The number of aromatic amines is 1. The van der Waals surface area contributed by atoms with E-state index in [4.69, 9.17) is 0 Å². The van der Waals surface area contributed by atoms with E-state index >= 15 is 0 Å². The Balaban J connectivity index is 1.52. The van der Waals surface area contributed by atoms with E-state index in [1.54, 1.807) is 18.5 Å². The van der Waals surface area contributed by atoms with Gasteiger partial charge in [-0.1, -0.05) is 0 Å². The molecule has 19 heavy (non-hydrogen) atoms. The SMILES string of the molecule is O=C(NCCCNC1CC1)c1ccnc2[nH]ncc12. The van der Waals surface area contributed by atoms with E-state index in [2.05, 4.69) is 25.8 Å². The van der Waals surface area contributed by atoms with Crippen LogP contribution in [0.3, 0.4) is 0 Å². The van der Waals surface area contributed by atoms with Gasteiger partial charge in [-0.15, -0.1) is 0 Å². The summed E-state index contributed by atoms with van der Waals surface area (Å²) in [6.07, 6.45) is 6.78. The van der Waals surface area contributed by atoms with Gasteiger partial charge in [-0.25, -0.2) is 4.98 Å². The van der Waals surface area contributed by atoms with E-state index < -0.39 is 0 Å². The van der Waals surface area contributed by atoms with Crippen LogP contribution in [-0.2, 0) is 0 Å². The standard InChI is InChI=1S/C13H17N5O/c19-13(16-6-1-5-14-9-2-3-9)10-4-7-15-12-11(10)8-17-18-12/h4,7-9,14H,1-3,5-6H2,(H,16,19)(H,15,17,18). The average Bonchev–Trinajstić information content (AvgIpc) is 3.12. The number of carbonyl (C=O) groups excluding carboxylic acids is 1. The third kappa shape index (κ3) is 2.90. The minimum Gasteiger partial charge on any atom is -0.352 e. The molecule has 1 fully saturated rings. The Morgan fingerprint density at radius 2 is 2.32 bits per heavy atom. The lowest BCUT2D eigenvalue weighted by atomic mass is 10.2. The zero-order valence-corrected chi connectivity index (χ0v) is 10.6. The van der Waals surface area contributed by atoms with E-state index in [1.165, 1.54) is 12.8 Å². The number of nitrogens with one attached hydrogen (secondary N) is 3. The summed E-state index contributed by atoms with van der Waals surface area (Å²) in [5.41, 5.74) is 1.26. The highest BCUT2D eigenvalue weighted by atomic mass is 16.1. The van der Waals surface area contributed by atoms with Gasteiger partial charge in [0.05, 0.1) is 17.1 Å². The Bertz CT molecular complexity index is 575. The van der Waals surface area contributed by atoms with Gasteiger partial charge >= 0.3 is 0 Å². The topological polar surface area (TPSA) is 82.7 Å². The molecule has 6 nitrogen and oxygen atoms in total. The van der Waals surface area contributed by atoms with Crippen LogP contribution in [0.4, 0.5) is 0 Å². The lowest BCUT2D eigenvalue weighted by Gasteiger charge is -2.06. The largest absolute Gasteiger partial charge is 0.352 e. The minimum absolute atomic E-state index is 0.0692. The predicted octanol–water partition coefficient (Wildman–Crippen LogP) is 0.830. The Kier molecular flexibility index (Phi) is 3.41. The quantitative estimate of drug-likeness (QED) is 0.671. The number of aromatic nitrogens is 3. The van der Waals surface area contributed by atoms with Gasteiger partial charge in [0.25, 0.3) is 5.91 Å². The maximum Gasteiger partial charge on any atom is 0.252 e. The molecule has 1 aliphatic carbocycles. The molecule has 1 aliphatic rings. The first-order valence-corrected chi connectivity index (χ1v) is 6.64. The van der Waals surface area contributed by atoms with E-state index in [0.29, 0.717) is 17.8 Å². The van der Waals surface area contributed by atoms with Gasteiger partial charge in [-0.05, 0) is 31.9 Å². The minimum atomic E-state index is -0.0692. The van der Waals surface area contributed by atoms with E-state index in [9.17, 15) is 4.79 Å². The fourth-order valence-electron chi connectivity index (χ4n) is 2.03. The second kappa shape index (κ2) is 5.36. The van der Waals surface area contributed by atoms with Crippen LogP contribution in [0.15, 0.2) is 18.5 Å². The summed E-state index contributed by atoms with van der Waals surface area (Å²) in [4.78, 5) is 16.2. The van der Waals surface area contributed by atoms with Crippen molar-refractivity contribution in [1.82, 2.24) is 25.8 Å². The zero-order chi connectivity index (χ0) is 13.1. The second-order valence-electron chi connectivity index (χ2n) is 4.83. The van der Waals surface area contributed by atoms with Crippen LogP contribution in [0.1, 0.15) is 29.6 Å². The number of fused-ring (bicyclic) bond motifs is 1. The number of amides is 1. The highest BCUT2D eigenvalue weighted by Gasteiger charge is 2.19. The summed E-state index contributed by atoms with van der Waals surface area (Å²) >= 11 is 0. The van der Waals surface area contributed by atoms with E-state index in [-0.39, 0.29) is 5.91 Å². The van der Waals surface area contributed by atoms with Crippen LogP contribution in [0.5, 0.6) is 0 Å². The molecule has 2 aromatic heterocycles. The summed E-state index contributed by atoms with van der Waals surface area (Å²) < 4.78 is 0. The van der Waals surface area contributed by atoms with Gasteiger partial charge in [0.1, 0.15) is 0 Å². The van der Waals surface area contributed by atoms with Crippen molar-refractivity contribution in [2.45, 2.75) is 25.3 Å². The highest BCUT2D eigenvalue weighted by Crippen LogP contribution is 2.18. The van der Waals surface area contributed by atoms with Crippen LogP contribution in [-0.4, -0.2) is 40.2 Å². The molecular formula is C13H17N5O. The van der Waals surface area contributed by atoms with Crippen LogP contribution in [0, 0.1) is 0 Å². The normalized spacial score (nSPS) is 14.7. The molecule has 0 saturated heterocycles. The summed E-state index contributed by atoms with van der Waals surface area (Å²) in [5.74, 6) is -0.0692. The molecule has 1 amide bonds. The van der Waals surface area contributed by atoms with Crippen molar-refractivity contribution in [1.29, 1.82) is 0 Å². The first kappa shape index (κ1) is 12.1. The Morgan fingerprint density at radius 1 is 1.42 bits per heavy atom. The Hall–Kier alpha value is -1.95. The first-order valence-electron chi connectivity index (χ1n) is 6.64. The van der Waals surface area contributed by atoms with Crippen molar-refractivity contribution in [2.75, 3.05) is 13.1 Å². The van der Waals surface area contributed by atoms with Gasteiger partial charge in [-0.3, -0.25) is 9.89 Å². The molecule has 0 radical (unpaired) electrons. The van der Waals surface area contributed by atoms with E-state index in [0.717, 1.165) is 24.4 Å². The first-order chi connectivity index (χ1) is 9.34. The van der Waals surface area contributed by atoms with Crippen molar-refractivity contribution in [2.24, 2.45) is 0 Å². The van der Waals surface area contributed by atoms with Gasteiger partial charge in [0.2, 0.25) is 0 Å². The molecular weight excluding hydrogens is 242 g/mol. The fraction of sp³-hybridized carbons (Fsp3) is 0.462. The molecule has 0 unspecified atom stereocenters. The van der Waals surface area contributed by atoms with Crippen LogP contribution in [0.2, 0.25) is 0 Å². The molecule has 100 valence electrons. The molecule has 3 N–H and O–H groups in total. The van der Waals surface area contributed by atoms with Crippen molar-refractivity contribution in [3.8, 4) is 0 Å². The number of nitrogens with zero attached hydrogens (tertiary/aromatic N) is 2. The Labute approximate surface area is 111 Å². The molecule has 0 bridgehead atoms. The molecule has 6 heteroatoms. The van der Waals surface area contributed by atoms with Gasteiger partial charge in [0, 0.05) is 18.8 Å². The predicted molar refractivity (Wildman–Crippen MR) is 71.9 cm³/mol. The number of rotatable bonds is 6. The molecule has 2 heterocycles. The Morgan fingerprint density at radius 3 is 3.16 bits per heavy atom. The smallest absolute Gasteiger partial charge is 0.252 e. The number of H-pyrrole nitrogens is 1. The third-order valence-electron chi connectivity index (χ3n) is 3.25. The van der Waals surface area contributed by atoms with Crippen LogP contribution >= 0.6 is 0 Å². The second-order valence-corrected chi connectivity index (χ2v) is 4.83. The molecule has 3 rings (SSSR count). The van der Waals surface area contributed by atoms with E-state index in [1.807, 2.05) is 0 Å². The van der Waals surface area contributed by atoms with Crippen molar-refractivity contribution in [3.63, 3.8) is 0 Å². The van der Waals surface area contributed by atoms with Crippen LogP contribution < -0.4 is 10.6 Å². The van der Waals surface area contributed by atoms with Crippen molar-refractivity contribution >= 4 is 16.9 Å². The van der Waals surface area contributed by atoms with Crippen molar-refractivity contribution in [3.05, 3.63) is 24.0 Å². The molecule has 2 aromatic rings. The summed E-state index contributed by atoms with van der Waals surface area (Å²) in [6, 6.07) is 2.44. The average molecular weight is 259 g/mol.